The first-order valence-electron chi connectivity index (χ1n) is 3.65. The number of aromatic nitrogens is 2. The second-order valence-electron chi connectivity index (χ2n) is 2.49. The van der Waals surface area contributed by atoms with Gasteiger partial charge in [0.25, 0.3) is 0 Å². The van der Waals surface area contributed by atoms with E-state index in [1.165, 1.54) is 0 Å². The molecule has 0 aliphatic heterocycles. The molecule has 1 aromatic rings. The fraction of sp³-hybridized carbons (Fsp3) is 0.111. The molecule has 4 heteroatoms. The predicted molar refractivity (Wildman–Crippen MR) is 55.7 cm³/mol. The number of halogens is 1. The summed E-state index contributed by atoms with van der Waals surface area (Å²) in [5.74, 6) is 0.717. The molecule has 3 nitrogen and oxygen atoms in total. The third kappa shape index (κ3) is 2.39. The first-order valence-corrected chi connectivity index (χ1v) is 4.45. The zero-order chi connectivity index (χ0) is 9.84. The standard InChI is InChI=1S/C9H9BrN2O/c1-3-7(10)4-9-11-8(6-13)5-12(9)2/h3-6H,1H2,2H3/b7-4+. The van der Waals surface area contributed by atoms with Crippen LogP contribution in [0.2, 0.25) is 0 Å². The second-order valence-corrected chi connectivity index (χ2v) is 3.40. The molecule has 0 unspecified atom stereocenters. The van der Waals surface area contributed by atoms with Crippen LogP contribution < -0.4 is 0 Å². The summed E-state index contributed by atoms with van der Waals surface area (Å²) in [6.45, 7) is 3.59. The summed E-state index contributed by atoms with van der Waals surface area (Å²) >= 11 is 3.28. The fourth-order valence-corrected chi connectivity index (χ4v) is 1.08. The SMILES string of the molecule is C=C/C(Br)=C\c1nc(C=O)cn1C. The minimum atomic E-state index is 0.429. The van der Waals surface area contributed by atoms with E-state index in [4.69, 9.17) is 0 Å². The monoisotopic (exact) mass is 240 g/mol. The summed E-state index contributed by atoms with van der Waals surface area (Å²) in [6, 6.07) is 0. The number of carbonyl (C=O) groups is 1. The van der Waals surface area contributed by atoms with E-state index >= 15 is 0 Å². The van der Waals surface area contributed by atoms with E-state index in [1.54, 1.807) is 22.9 Å². The number of hydrogen-bond donors (Lipinski definition) is 0. The van der Waals surface area contributed by atoms with E-state index in [0.29, 0.717) is 11.5 Å². The summed E-state index contributed by atoms with van der Waals surface area (Å²) in [6.07, 6.45) is 5.84. The Morgan fingerprint density at radius 1 is 1.77 bits per heavy atom. The molecule has 0 fully saturated rings. The third-order valence-corrected chi connectivity index (χ3v) is 2.07. The highest BCUT2D eigenvalue weighted by atomic mass is 79.9. The van der Waals surface area contributed by atoms with Crippen molar-refractivity contribution in [1.82, 2.24) is 9.55 Å². The van der Waals surface area contributed by atoms with Crippen molar-refractivity contribution in [2.24, 2.45) is 7.05 Å². The maximum Gasteiger partial charge on any atom is 0.170 e. The summed E-state index contributed by atoms with van der Waals surface area (Å²) < 4.78 is 2.60. The largest absolute Gasteiger partial charge is 0.334 e. The van der Waals surface area contributed by atoms with Crippen LogP contribution in [0, 0.1) is 0 Å². The van der Waals surface area contributed by atoms with Crippen LogP contribution in [0.5, 0.6) is 0 Å². The maximum atomic E-state index is 10.4. The Labute approximate surface area is 84.9 Å². The van der Waals surface area contributed by atoms with Crippen LogP contribution in [0.3, 0.4) is 0 Å². The molecule has 1 rings (SSSR count). The Bertz CT molecular complexity index is 366. The van der Waals surface area contributed by atoms with E-state index in [9.17, 15) is 4.79 Å². The summed E-state index contributed by atoms with van der Waals surface area (Å²) in [5, 5.41) is 0. The van der Waals surface area contributed by atoms with Crippen molar-refractivity contribution in [1.29, 1.82) is 0 Å². The van der Waals surface area contributed by atoms with E-state index in [-0.39, 0.29) is 0 Å². The van der Waals surface area contributed by atoms with Crippen LogP contribution in [0.15, 0.2) is 23.3 Å². The maximum absolute atomic E-state index is 10.4. The van der Waals surface area contributed by atoms with Gasteiger partial charge in [0.05, 0.1) is 0 Å². The molecule has 0 atom stereocenters. The molecule has 0 aliphatic carbocycles. The molecule has 0 aliphatic rings. The molecule has 0 bridgehead atoms. The average molecular weight is 241 g/mol. The zero-order valence-electron chi connectivity index (χ0n) is 7.20. The first kappa shape index (κ1) is 9.92. The number of imidazole rings is 1. The molecule has 68 valence electrons. The number of aryl methyl sites for hydroxylation is 1. The molecule has 0 aromatic carbocycles. The van der Waals surface area contributed by atoms with E-state index in [1.807, 2.05) is 7.05 Å². The number of allylic oxidation sites excluding steroid dienone is 2. The van der Waals surface area contributed by atoms with Gasteiger partial charge >= 0.3 is 0 Å². The van der Waals surface area contributed by atoms with Crippen LogP contribution in [-0.2, 0) is 7.05 Å². The van der Waals surface area contributed by atoms with E-state index in [2.05, 4.69) is 27.5 Å². The van der Waals surface area contributed by atoms with Crippen molar-refractivity contribution < 1.29 is 4.79 Å². The minimum Gasteiger partial charge on any atom is -0.334 e. The lowest BCUT2D eigenvalue weighted by atomic mass is 10.4. The van der Waals surface area contributed by atoms with Gasteiger partial charge in [-0.25, -0.2) is 4.98 Å². The Balaban J connectivity index is 3.07. The molecule has 0 N–H and O–H groups in total. The molecular weight excluding hydrogens is 232 g/mol. The molecular formula is C9H9BrN2O. The Morgan fingerprint density at radius 2 is 2.46 bits per heavy atom. The topological polar surface area (TPSA) is 34.9 Å². The van der Waals surface area contributed by atoms with Crippen LogP contribution in [0.4, 0.5) is 0 Å². The Hall–Kier alpha value is -1.16. The van der Waals surface area contributed by atoms with Gasteiger partial charge in [-0.05, 0) is 6.08 Å². The van der Waals surface area contributed by atoms with Crippen molar-refractivity contribution in [3.05, 3.63) is 34.9 Å². The highest BCUT2D eigenvalue weighted by Crippen LogP contribution is 2.11. The van der Waals surface area contributed by atoms with Crippen molar-refractivity contribution in [3.63, 3.8) is 0 Å². The number of aldehydes is 1. The van der Waals surface area contributed by atoms with Gasteiger partial charge in [0.1, 0.15) is 11.5 Å². The molecule has 1 aromatic heterocycles. The highest BCUT2D eigenvalue weighted by molar-refractivity contribution is 9.12. The third-order valence-electron chi connectivity index (χ3n) is 1.51. The van der Waals surface area contributed by atoms with Crippen LogP contribution in [0.1, 0.15) is 16.3 Å². The average Bonchev–Trinajstić information content (AvgIpc) is 2.47. The van der Waals surface area contributed by atoms with E-state index in [0.717, 1.165) is 10.8 Å². The Morgan fingerprint density at radius 3 is 2.92 bits per heavy atom. The number of nitrogens with zero attached hydrogens (tertiary/aromatic N) is 2. The van der Waals surface area contributed by atoms with Gasteiger partial charge in [0.15, 0.2) is 6.29 Å². The van der Waals surface area contributed by atoms with Crippen molar-refractivity contribution in [3.8, 4) is 0 Å². The predicted octanol–water partition coefficient (Wildman–Crippen LogP) is 2.15. The zero-order valence-corrected chi connectivity index (χ0v) is 8.78. The normalized spacial score (nSPS) is 11.4. The van der Waals surface area contributed by atoms with Crippen LogP contribution >= 0.6 is 15.9 Å². The van der Waals surface area contributed by atoms with Gasteiger partial charge in [0.2, 0.25) is 0 Å². The molecule has 0 amide bonds. The quantitative estimate of drug-likeness (QED) is 0.600. The lowest BCUT2D eigenvalue weighted by Crippen LogP contribution is -1.89. The Kier molecular flexibility index (Phi) is 3.19. The number of hydrogen-bond acceptors (Lipinski definition) is 2. The minimum absolute atomic E-state index is 0.429. The number of carbonyl (C=O) groups excluding carboxylic acids is 1. The molecule has 0 spiro atoms. The van der Waals surface area contributed by atoms with Gasteiger partial charge in [-0.1, -0.05) is 28.6 Å². The first-order chi connectivity index (χ1) is 6.17. The molecule has 13 heavy (non-hydrogen) atoms. The van der Waals surface area contributed by atoms with Gasteiger partial charge in [0, 0.05) is 17.7 Å². The smallest absolute Gasteiger partial charge is 0.170 e. The summed E-state index contributed by atoms with van der Waals surface area (Å²) in [7, 11) is 1.83. The fourth-order valence-electron chi connectivity index (χ4n) is 0.878. The van der Waals surface area contributed by atoms with Crippen molar-refractivity contribution >= 4 is 28.3 Å². The van der Waals surface area contributed by atoms with Gasteiger partial charge in [-0.15, -0.1) is 0 Å². The molecule has 1 heterocycles. The van der Waals surface area contributed by atoms with E-state index < -0.39 is 0 Å². The lowest BCUT2D eigenvalue weighted by Gasteiger charge is -1.93. The van der Waals surface area contributed by atoms with Crippen molar-refractivity contribution in [2.45, 2.75) is 0 Å². The van der Waals surface area contributed by atoms with Crippen LogP contribution in [-0.4, -0.2) is 15.8 Å². The summed E-state index contributed by atoms with van der Waals surface area (Å²) in [5.41, 5.74) is 0.429. The molecule has 0 saturated carbocycles. The molecule has 0 saturated heterocycles. The number of rotatable bonds is 3. The highest BCUT2D eigenvalue weighted by Gasteiger charge is 2.01. The van der Waals surface area contributed by atoms with Crippen molar-refractivity contribution in [2.75, 3.05) is 0 Å². The van der Waals surface area contributed by atoms with Gasteiger partial charge in [-0.2, -0.15) is 0 Å². The van der Waals surface area contributed by atoms with Crippen LogP contribution in [0.25, 0.3) is 6.08 Å². The van der Waals surface area contributed by atoms with Gasteiger partial charge in [-0.3, -0.25) is 4.79 Å². The summed E-state index contributed by atoms with van der Waals surface area (Å²) in [4.78, 5) is 14.5. The molecule has 0 radical (unpaired) electrons. The lowest BCUT2D eigenvalue weighted by molar-refractivity contribution is 0.111. The van der Waals surface area contributed by atoms with Gasteiger partial charge < -0.3 is 4.57 Å². The second kappa shape index (κ2) is 4.18.